The second-order valence-corrected chi connectivity index (χ2v) is 15.9. The highest BCUT2D eigenvalue weighted by Crippen LogP contribution is 2.51. The first-order chi connectivity index (χ1) is 20.4. The quantitative estimate of drug-likeness (QED) is 0.159. The van der Waals surface area contributed by atoms with Gasteiger partial charge in [0, 0.05) is 35.6 Å². The molecule has 0 spiro atoms. The standard InChI is InChI=1S/C27H42N5O9PS2/c1-25(2,3)23(35)43-12-10-38-42(37,39-11-13-44-24(36)26(4,5)6)40-14-18-20(33)21(34)27(41-18,15-29-7)19-9-8-17-22(28)30-16-31-32(17)19/h8-9,15-16,18,20-21,33-34H,10-14H2,1-7H3,(H2,28,30,31)/t18-,20-,21-,27+/m1/s1. The summed E-state index contributed by atoms with van der Waals surface area (Å²) in [5, 5.41) is 26.3. The van der Waals surface area contributed by atoms with E-state index in [0.29, 0.717) is 11.2 Å². The summed E-state index contributed by atoms with van der Waals surface area (Å²) in [5.74, 6) is 0.573. The number of phosphoric acid groups is 1. The minimum absolute atomic E-state index is 0.0646. The van der Waals surface area contributed by atoms with E-state index in [1.54, 1.807) is 53.7 Å². The van der Waals surface area contributed by atoms with Crippen molar-refractivity contribution in [3.05, 3.63) is 24.2 Å². The Hall–Kier alpha value is -1.88. The zero-order chi connectivity index (χ0) is 32.9. The molecule has 1 saturated heterocycles. The van der Waals surface area contributed by atoms with Gasteiger partial charge in [-0.2, -0.15) is 5.10 Å². The number of nitrogens with two attached hydrogens (primary N) is 1. The molecule has 0 radical (unpaired) electrons. The van der Waals surface area contributed by atoms with Crippen LogP contribution >= 0.6 is 31.3 Å². The lowest BCUT2D eigenvalue weighted by Gasteiger charge is -2.28. The maximum absolute atomic E-state index is 13.7. The summed E-state index contributed by atoms with van der Waals surface area (Å²) in [6.07, 6.45) is -1.67. The van der Waals surface area contributed by atoms with E-state index in [1.807, 2.05) is 0 Å². The van der Waals surface area contributed by atoms with Crippen molar-refractivity contribution in [2.24, 2.45) is 15.8 Å². The molecule has 4 N–H and O–H groups in total. The first-order valence-electron chi connectivity index (χ1n) is 13.9. The maximum Gasteiger partial charge on any atom is 0.474 e. The van der Waals surface area contributed by atoms with Crippen LogP contribution in [-0.4, -0.2) is 97.9 Å². The Morgan fingerprint density at radius 2 is 1.66 bits per heavy atom. The molecule has 14 nitrogen and oxygen atoms in total. The number of carbonyl (C=O) groups excluding carboxylic acids is 2. The van der Waals surface area contributed by atoms with Crippen LogP contribution in [0.15, 0.2) is 23.5 Å². The third-order valence-corrected chi connectivity index (χ3v) is 10.4. The molecule has 4 atom stereocenters. The van der Waals surface area contributed by atoms with Crippen molar-refractivity contribution in [1.29, 1.82) is 0 Å². The maximum atomic E-state index is 13.7. The van der Waals surface area contributed by atoms with Crippen molar-refractivity contribution in [2.45, 2.75) is 65.5 Å². The lowest BCUT2D eigenvalue weighted by atomic mass is 9.92. The number of thioether (sulfide) groups is 2. The summed E-state index contributed by atoms with van der Waals surface area (Å²) < 4.78 is 37.9. The van der Waals surface area contributed by atoms with Crippen LogP contribution in [0.4, 0.5) is 5.82 Å². The fourth-order valence-corrected chi connectivity index (χ4v) is 7.08. The number of anilines is 1. The van der Waals surface area contributed by atoms with Crippen LogP contribution in [0.2, 0.25) is 0 Å². The molecule has 0 aromatic carbocycles. The summed E-state index contributed by atoms with van der Waals surface area (Å²) in [6, 6.07) is 3.26. The van der Waals surface area contributed by atoms with Crippen LogP contribution in [0.3, 0.4) is 0 Å². The highest BCUT2D eigenvalue weighted by molar-refractivity contribution is 8.14. The number of hydrogen-bond donors (Lipinski definition) is 3. The molecular formula is C27H42N5O9PS2. The lowest BCUT2D eigenvalue weighted by molar-refractivity contribution is -0.118. The molecule has 0 amide bonds. The molecule has 17 heteroatoms. The molecule has 1 aliphatic rings. The van der Waals surface area contributed by atoms with Gasteiger partial charge in [0.1, 0.15) is 30.2 Å². The fraction of sp³-hybridized carbons (Fsp3) is 0.667. The van der Waals surface area contributed by atoms with Crippen molar-refractivity contribution in [2.75, 3.05) is 44.1 Å². The third-order valence-electron chi connectivity index (χ3n) is 6.45. The van der Waals surface area contributed by atoms with Gasteiger partial charge in [-0.1, -0.05) is 65.1 Å². The molecule has 3 heterocycles. The van der Waals surface area contributed by atoms with Gasteiger partial charge in [-0.3, -0.25) is 28.2 Å². The third kappa shape index (κ3) is 8.68. The van der Waals surface area contributed by atoms with Crippen LogP contribution in [0.1, 0.15) is 47.2 Å². The molecule has 3 rings (SSSR count). The smallest absolute Gasteiger partial charge is 0.387 e. The summed E-state index contributed by atoms with van der Waals surface area (Å²) in [6.45, 7) is 9.97. The van der Waals surface area contributed by atoms with E-state index in [9.17, 15) is 24.4 Å². The van der Waals surface area contributed by atoms with Gasteiger partial charge in [-0.15, -0.1) is 0 Å². The number of aliphatic hydroxyl groups is 2. The van der Waals surface area contributed by atoms with Crippen LogP contribution in [-0.2, 0) is 38.1 Å². The molecule has 1 fully saturated rings. The van der Waals surface area contributed by atoms with Crippen molar-refractivity contribution < 1.29 is 42.7 Å². The number of fused-ring (bicyclic) bond motifs is 1. The second-order valence-electron chi connectivity index (χ2n) is 12.1. The van der Waals surface area contributed by atoms with Gasteiger partial charge in [0.15, 0.2) is 21.6 Å². The molecule has 0 aliphatic carbocycles. The number of carbonyl (C=O) groups is 2. The molecule has 44 heavy (non-hydrogen) atoms. The van der Waals surface area contributed by atoms with Gasteiger partial charge in [-0.25, -0.2) is 14.1 Å². The van der Waals surface area contributed by atoms with Crippen molar-refractivity contribution in [1.82, 2.24) is 14.6 Å². The summed E-state index contributed by atoms with van der Waals surface area (Å²) >= 11 is 2.06. The molecular weight excluding hydrogens is 633 g/mol. The zero-order valence-corrected chi connectivity index (χ0v) is 28.5. The van der Waals surface area contributed by atoms with Gasteiger partial charge in [-0.05, 0) is 12.1 Å². The van der Waals surface area contributed by atoms with Gasteiger partial charge in [0.2, 0.25) is 0 Å². The summed E-state index contributed by atoms with van der Waals surface area (Å²) in [5.41, 5.74) is 3.94. The molecule has 1 aliphatic heterocycles. The number of rotatable bonds is 13. The van der Waals surface area contributed by atoms with Crippen LogP contribution < -0.4 is 5.73 Å². The number of aliphatic hydroxyl groups excluding tert-OH is 2. The van der Waals surface area contributed by atoms with Crippen LogP contribution in [0.25, 0.3) is 5.52 Å². The predicted octanol–water partition coefficient (Wildman–Crippen LogP) is 3.10. The average molecular weight is 676 g/mol. The Morgan fingerprint density at radius 1 is 1.09 bits per heavy atom. The number of aliphatic imine (C=N–C) groups is 1. The Bertz CT molecular complexity index is 1360. The molecule has 0 saturated carbocycles. The molecule has 246 valence electrons. The number of aromatic nitrogens is 3. The first-order valence-corrected chi connectivity index (χ1v) is 17.3. The van der Waals surface area contributed by atoms with Gasteiger partial charge in [0.25, 0.3) is 0 Å². The molecule has 2 aromatic heterocycles. The number of phosphoric ester groups is 1. The van der Waals surface area contributed by atoms with E-state index in [4.69, 9.17) is 24.0 Å². The molecule has 0 unspecified atom stereocenters. The minimum Gasteiger partial charge on any atom is -0.387 e. The van der Waals surface area contributed by atoms with Crippen LogP contribution in [0.5, 0.6) is 0 Å². The van der Waals surface area contributed by atoms with E-state index in [1.165, 1.54) is 24.1 Å². The normalized spacial score (nSPS) is 23.2. The van der Waals surface area contributed by atoms with Crippen molar-refractivity contribution in [3.63, 3.8) is 0 Å². The highest BCUT2D eigenvalue weighted by atomic mass is 32.2. The Kier molecular flexibility index (Phi) is 12.2. The predicted molar refractivity (Wildman–Crippen MR) is 170 cm³/mol. The Morgan fingerprint density at radius 3 is 2.18 bits per heavy atom. The molecule has 0 bridgehead atoms. The number of ether oxygens (including phenoxy) is 1. The second kappa shape index (κ2) is 14.7. The van der Waals surface area contributed by atoms with E-state index < -0.39 is 49.2 Å². The van der Waals surface area contributed by atoms with E-state index >= 15 is 0 Å². The number of hydrogen-bond acceptors (Lipinski definition) is 15. The zero-order valence-electron chi connectivity index (χ0n) is 26.0. The van der Waals surface area contributed by atoms with Crippen molar-refractivity contribution >= 4 is 59.1 Å². The van der Waals surface area contributed by atoms with Gasteiger partial charge >= 0.3 is 7.82 Å². The summed E-state index contributed by atoms with van der Waals surface area (Å²) in [7, 11) is -2.80. The average Bonchev–Trinajstić information content (AvgIpc) is 3.48. The van der Waals surface area contributed by atoms with E-state index in [2.05, 4.69) is 15.1 Å². The monoisotopic (exact) mass is 675 g/mol. The van der Waals surface area contributed by atoms with E-state index in [0.717, 1.165) is 23.5 Å². The Labute approximate surface area is 265 Å². The van der Waals surface area contributed by atoms with Crippen LogP contribution in [0, 0.1) is 10.8 Å². The van der Waals surface area contributed by atoms with Crippen molar-refractivity contribution in [3.8, 4) is 0 Å². The first kappa shape index (κ1) is 36.6. The number of nitrogen functional groups attached to an aromatic ring is 1. The summed E-state index contributed by atoms with van der Waals surface area (Å²) in [4.78, 5) is 32.6. The number of nitrogens with zero attached hydrogens (tertiary/aromatic N) is 4. The topological polar surface area (TPSA) is 197 Å². The highest BCUT2D eigenvalue weighted by Gasteiger charge is 2.56. The largest absolute Gasteiger partial charge is 0.474 e. The van der Waals surface area contributed by atoms with Gasteiger partial charge < -0.3 is 20.7 Å². The minimum atomic E-state index is -4.28. The fourth-order valence-electron chi connectivity index (χ4n) is 4.08. The Balaban J connectivity index is 1.75. The lowest BCUT2D eigenvalue weighted by Crippen LogP contribution is -2.43. The SMILES string of the molecule is CN=C[C@@]1(c2ccc3c(N)ncnn23)O[C@H](COP(=O)(OCCSC(=O)C(C)(C)C)OCCSC(=O)C(C)(C)C)[C@@H](O)[C@H]1O. The molecule has 2 aromatic rings. The van der Waals surface area contributed by atoms with E-state index in [-0.39, 0.29) is 40.8 Å². The van der Waals surface area contributed by atoms with Gasteiger partial charge in [0.05, 0.1) is 25.5 Å².